The molecule has 0 aliphatic rings. The van der Waals surface area contributed by atoms with Gasteiger partial charge >= 0.3 is 0 Å². The van der Waals surface area contributed by atoms with E-state index in [1.165, 1.54) is 6.20 Å². The van der Waals surface area contributed by atoms with E-state index in [9.17, 15) is 4.79 Å². The molecule has 1 N–H and O–H groups in total. The van der Waals surface area contributed by atoms with Gasteiger partial charge in [0, 0.05) is 23.0 Å². The van der Waals surface area contributed by atoms with E-state index in [4.69, 9.17) is 27.7 Å². The molecule has 29 heavy (non-hydrogen) atoms. The molecule has 148 valence electrons. The van der Waals surface area contributed by atoms with Gasteiger partial charge in [0.1, 0.15) is 5.76 Å². The van der Waals surface area contributed by atoms with Crippen LogP contribution in [0.15, 0.2) is 53.6 Å². The van der Waals surface area contributed by atoms with Crippen LogP contribution in [0.3, 0.4) is 0 Å². The van der Waals surface area contributed by atoms with Crippen LogP contribution in [0.2, 0.25) is 10.0 Å². The molecule has 10 heteroatoms. The van der Waals surface area contributed by atoms with Gasteiger partial charge in [-0.05, 0) is 24.6 Å². The van der Waals surface area contributed by atoms with Gasteiger partial charge in [0.2, 0.25) is 0 Å². The molecule has 0 fully saturated rings. The van der Waals surface area contributed by atoms with Gasteiger partial charge in [0.25, 0.3) is 5.91 Å². The molecular formula is C19H16Cl2N6O2. The predicted molar refractivity (Wildman–Crippen MR) is 108 cm³/mol. The summed E-state index contributed by atoms with van der Waals surface area (Å²) in [6, 6.07) is 7.52. The van der Waals surface area contributed by atoms with Crippen LogP contribution in [-0.4, -0.2) is 30.6 Å². The van der Waals surface area contributed by atoms with Crippen molar-refractivity contribution in [3.05, 3.63) is 81.7 Å². The van der Waals surface area contributed by atoms with Gasteiger partial charge in [-0.2, -0.15) is 10.2 Å². The van der Waals surface area contributed by atoms with Gasteiger partial charge in [0.15, 0.2) is 5.69 Å². The van der Waals surface area contributed by atoms with E-state index in [2.05, 4.69) is 20.7 Å². The number of rotatable bonds is 6. The minimum Gasteiger partial charge on any atom is -0.361 e. The minimum atomic E-state index is -0.391. The molecule has 0 atom stereocenters. The zero-order valence-electron chi connectivity index (χ0n) is 15.3. The quantitative estimate of drug-likeness (QED) is 0.498. The maximum absolute atomic E-state index is 12.7. The lowest BCUT2D eigenvalue weighted by Gasteiger charge is -2.04. The maximum atomic E-state index is 12.7. The zero-order valence-corrected chi connectivity index (χ0v) is 16.9. The topological polar surface area (TPSA) is 90.8 Å². The smallest absolute Gasteiger partial charge is 0.278 e. The molecular weight excluding hydrogens is 415 g/mol. The molecule has 3 aromatic heterocycles. The first-order chi connectivity index (χ1) is 14.0. The molecule has 4 rings (SSSR count). The van der Waals surface area contributed by atoms with Crippen molar-refractivity contribution < 1.29 is 9.32 Å². The fraction of sp³-hybridized carbons (Fsp3) is 0.158. The van der Waals surface area contributed by atoms with Crippen molar-refractivity contribution in [3.8, 4) is 0 Å². The number of hydrogen-bond acceptors (Lipinski definition) is 5. The van der Waals surface area contributed by atoms with E-state index >= 15 is 0 Å². The van der Waals surface area contributed by atoms with E-state index in [0.717, 1.165) is 5.56 Å². The van der Waals surface area contributed by atoms with Gasteiger partial charge < -0.3 is 9.84 Å². The van der Waals surface area contributed by atoms with Gasteiger partial charge in [-0.1, -0.05) is 40.5 Å². The highest BCUT2D eigenvalue weighted by atomic mass is 35.5. The Labute approximate surface area is 176 Å². The molecule has 0 radical (unpaired) electrons. The van der Waals surface area contributed by atoms with Gasteiger partial charge in [-0.3, -0.25) is 14.2 Å². The highest BCUT2D eigenvalue weighted by Crippen LogP contribution is 2.18. The van der Waals surface area contributed by atoms with Crippen molar-refractivity contribution in [1.82, 2.24) is 24.7 Å². The van der Waals surface area contributed by atoms with Crippen LogP contribution in [0.25, 0.3) is 0 Å². The molecule has 0 unspecified atom stereocenters. The first-order valence-corrected chi connectivity index (χ1v) is 9.45. The van der Waals surface area contributed by atoms with Gasteiger partial charge in [-0.15, -0.1) is 0 Å². The molecule has 0 spiro atoms. The van der Waals surface area contributed by atoms with Crippen LogP contribution in [0.4, 0.5) is 5.69 Å². The fourth-order valence-corrected chi connectivity index (χ4v) is 3.24. The van der Waals surface area contributed by atoms with E-state index in [1.807, 2.05) is 24.3 Å². The molecule has 3 heterocycles. The molecule has 1 amide bonds. The number of aromatic nitrogens is 5. The number of amides is 1. The van der Waals surface area contributed by atoms with Gasteiger partial charge in [0.05, 0.1) is 36.2 Å². The van der Waals surface area contributed by atoms with E-state index < -0.39 is 5.91 Å². The second kappa shape index (κ2) is 8.10. The SMILES string of the molecule is Cc1onc(C(=O)Nc2cnn(Cc3cccc(Cl)c3)c2)c1Cn1cc(Cl)cn1. The molecule has 0 saturated carbocycles. The Morgan fingerprint density at radius 2 is 1.90 bits per heavy atom. The largest absolute Gasteiger partial charge is 0.361 e. The maximum Gasteiger partial charge on any atom is 0.278 e. The highest BCUT2D eigenvalue weighted by Gasteiger charge is 2.21. The van der Waals surface area contributed by atoms with Crippen molar-refractivity contribution in [1.29, 1.82) is 0 Å². The Kier molecular flexibility index (Phi) is 5.37. The van der Waals surface area contributed by atoms with Crippen molar-refractivity contribution >= 4 is 34.8 Å². The summed E-state index contributed by atoms with van der Waals surface area (Å²) >= 11 is 11.9. The number of hydrogen-bond donors (Lipinski definition) is 1. The summed E-state index contributed by atoms with van der Waals surface area (Å²) in [5.41, 5.74) is 2.38. The number of nitrogens with one attached hydrogen (secondary N) is 1. The number of aryl methyl sites for hydroxylation is 1. The Hall–Kier alpha value is -3.10. The average molecular weight is 431 g/mol. The minimum absolute atomic E-state index is 0.191. The fourth-order valence-electron chi connectivity index (χ4n) is 2.87. The lowest BCUT2D eigenvalue weighted by Crippen LogP contribution is -2.15. The molecule has 1 aromatic carbocycles. The van der Waals surface area contributed by atoms with Crippen molar-refractivity contribution in [2.24, 2.45) is 0 Å². The summed E-state index contributed by atoms with van der Waals surface area (Å²) < 4.78 is 8.53. The van der Waals surface area contributed by atoms with Gasteiger partial charge in [-0.25, -0.2) is 0 Å². The summed E-state index contributed by atoms with van der Waals surface area (Å²) in [5, 5.41) is 16.3. The monoisotopic (exact) mass is 430 g/mol. The van der Waals surface area contributed by atoms with Crippen LogP contribution in [0.1, 0.15) is 27.4 Å². The predicted octanol–water partition coefficient (Wildman–Crippen LogP) is 4.03. The van der Waals surface area contributed by atoms with Crippen LogP contribution in [0.5, 0.6) is 0 Å². The van der Waals surface area contributed by atoms with E-state index in [0.29, 0.717) is 40.1 Å². The third-order valence-corrected chi connectivity index (χ3v) is 4.68. The molecule has 8 nitrogen and oxygen atoms in total. The third-order valence-electron chi connectivity index (χ3n) is 4.25. The molecule has 0 bridgehead atoms. The summed E-state index contributed by atoms with van der Waals surface area (Å²) in [6.45, 7) is 2.59. The second-order valence-electron chi connectivity index (χ2n) is 6.43. The number of anilines is 1. The standard InChI is InChI=1S/C19H16Cl2N6O2/c1-12-17(11-27-9-15(21)6-22-27)18(25-29-12)19(28)24-16-7-23-26(10-16)8-13-3-2-4-14(20)5-13/h2-7,9-10H,8,11H2,1H3,(H,24,28). The Bertz CT molecular complexity index is 1160. The highest BCUT2D eigenvalue weighted by molar-refractivity contribution is 6.30. The normalized spacial score (nSPS) is 11.0. The molecule has 0 aliphatic heterocycles. The average Bonchev–Trinajstić information content (AvgIpc) is 3.38. The van der Waals surface area contributed by atoms with E-state index in [-0.39, 0.29) is 5.69 Å². The molecule has 0 aliphatic carbocycles. The number of benzene rings is 1. The third kappa shape index (κ3) is 4.49. The Balaban J connectivity index is 1.47. The molecule has 4 aromatic rings. The summed E-state index contributed by atoms with van der Waals surface area (Å²) in [5.74, 6) is 0.149. The zero-order chi connectivity index (χ0) is 20.4. The van der Waals surface area contributed by atoms with E-state index in [1.54, 1.807) is 34.9 Å². The van der Waals surface area contributed by atoms with Crippen LogP contribution < -0.4 is 5.32 Å². The lowest BCUT2D eigenvalue weighted by molar-refractivity contribution is 0.101. The first kappa shape index (κ1) is 19.2. The number of carbonyl (C=O) groups is 1. The Morgan fingerprint density at radius 3 is 2.66 bits per heavy atom. The number of halogens is 2. The molecule has 0 saturated heterocycles. The number of carbonyl (C=O) groups excluding carboxylic acids is 1. The first-order valence-electron chi connectivity index (χ1n) is 8.69. The van der Waals surface area contributed by atoms with Crippen LogP contribution in [-0.2, 0) is 13.1 Å². The Morgan fingerprint density at radius 1 is 1.10 bits per heavy atom. The lowest BCUT2D eigenvalue weighted by atomic mass is 10.2. The van der Waals surface area contributed by atoms with Crippen molar-refractivity contribution in [2.45, 2.75) is 20.0 Å². The summed E-state index contributed by atoms with van der Waals surface area (Å²) in [7, 11) is 0. The van der Waals surface area contributed by atoms with Crippen molar-refractivity contribution in [2.75, 3.05) is 5.32 Å². The summed E-state index contributed by atoms with van der Waals surface area (Å²) in [4.78, 5) is 12.7. The van der Waals surface area contributed by atoms with Crippen molar-refractivity contribution in [3.63, 3.8) is 0 Å². The second-order valence-corrected chi connectivity index (χ2v) is 7.31. The summed E-state index contributed by atoms with van der Waals surface area (Å²) in [6.07, 6.45) is 6.50. The van der Waals surface area contributed by atoms with Crippen LogP contribution in [0, 0.1) is 6.92 Å². The van der Waals surface area contributed by atoms with Crippen LogP contribution >= 0.6 is 23.2 Å². The number of nitrogens with zero attached hydrogens (tertiary/aromatic N) is 5.